The number of nitrogens with two attached hydrogens (primary N) is 2. The summed E-state index contributed by atoms with van der Waals surface area (Å²) in [5.41, 5.74) is 15.5. The second-order valence-electron chi connectivity index (χ2n) is 7.17. The fourth-order valence-electron chi connectivity index (χ4n) is 3.50. The quantitative estimate of drug-likeness (QED) is 0.586. The molecule has 0 bridgehead atoms. The van der Waals surface area contributed by atoms with Gasteiger partial charge >= 0.3 is 0 Å². The Hall–Kier alpha value is -3.00. The zero-order valence-corrected chi connectivity index (χ0v) is 16.6. The predicted octanol–water partition coefficient (Wildman–Crippen LogP) is 2.91. The molecule has 5 N–H and O–H groups in total. The van der Waals surface area contributed by atoms with E-state index in [1.54, 1.807) is 23.6 Å². The van der Waals surface area contributed by atoms with Crippen LogP contribution in [0.15, 0.2) is 60.0 Å². The van der Waals surface area contributed by atoms with Crippen molar-refractivity contribution in [3.63, 3.8) is 0 Å². The standard InChI is InChI=1S/C22H22N4O2S/c23-17-12-26(13-17)11-16-3-1-2-4-18(16)14-5-7-15(8-6-14)21(28)25-22-19(20(24)27)9-10-29-22/h1-10,17H,11-13,23H2,(H2,24,27)(H,25,28). The lowest BCUT2D eigenvalue weighted by Gasteiger charge is -2.37. The Morgan fingerprint density at radius 2 is 1.79 bits per heavy atom. The number of hydrogen-bond donors (Lipinski definition) is 3. The van der Waals surface area contributed by atoms with Crippen LogP contribution in [0.4, 0.5) is 5.00 Å². The monoisotopic (exact) mass is 406 g/mol. The molecule has 2 heterocycles. The lowest BCUT2D eigenvalue weighted by molar-refractivity contribution is 0.100. The van der Waals surface area contributed by atoms with Gasteiger partial charge in [0, 0.05) is 31.2 Å². The summed E-state index contributed by atoms with van der Waals surface area (Å²) in [6.07, 6.45) is 0. The molecule has 1 aromatic heterocycles. The van der Waals surface area contributed by atoms with E-state index in [0.29, 0.717) is 16.1 Å². The molecule has 0 spiro atoms. The minimum absolute atomic E-state index is 0.274. The highest BCUT2D eigenvalue weighted by Crippen LogP contribution is 2.27. The first-order valence-electron chi connectivity index (χ1n) is 9.36. The Labute approximate surface area is 173 Å². The molecule has 3 aromatic rings. The summed E-state index contributed by atoms with van der Waals surface area (Å²) >= 11 is 1.27. The van der Waals surface area contributed by atoms with Crippen LogP contribution in [-0.2, 0) is 6.54 Å². The van der Waals surface area contributed by atoms with E-state index in [9.17, 15) is 9.59 Å². The molecular weight excluding hydrogens is 384 g/mol. The molecule has 1 fully saturated rings. The number of anilines is 1. The van der Waals surface area contributed by atoms with Gasteiger partial charge in [-0.2, -0.15) is 0 Å². The van der Waals surface area contributed by atoms with Crippen LogP contribution in [0.5, 0.6) is 0 Å². The Balaban J connectivity index is 1.50. The Bertz CT molecular complexity index is 1040. The maximum atomic E-state index is 12.5. The average molecular weight is 407 g/mol. The van der Waals surface area contributed by atoms with Gasteiger partial charge in [-0.1, -0.05) is 36.4 Å². The largest absolute Gasteiger partial charge is 0.366 e. The van der Waals surface area contributed by atoms with Crippen molar-refractivity contribution < 1.29 is 9.59 Å². The molecule has 2 amide bonds. The zero-order valence-electron chi connectivity index (χ0n) is 15.8. The van der Waals surface area contributed by atoms with Crippen LogP contribution in [0.25, 0.3) is 11.1 Å². The van der Waals surface area contributed by atoms with Crippen molar-refractivity contribution in [1.29, 1.82) is 0 Å². The van der Waals surface area contributed by atoms with Crippen LogP contribution in [0.1, 0.15) is 26.3 Å². The molecule has 0 unspecified atom stereocenters. The van der Waals surface area contributed by atoms with Crippen molar-refractivity contribution in [3.8, 4) is 11.1 Å². The Morgan fingerprint density at radius 3 is 2.48 bits per heavy atom. The number of carbonyl (C=O) groups excluding carboxylic acids is 2. The summed E-state index contributed by atoms with van der Waals surface area (Å²) in [5.74, 6) is -0.832. The van der Waals surface area contributed by atoms with Gasteiger partial charge in [0.25, 0.3) is 11.8 Å². The van der Waals surface area contributed by atoms with Gasteiger partial charge in [-0.25, -0.2) is 0 Å². The lowest BCUT2D eigenvalue weighted by Crippen LogP contribution is -2.54. The van der Waals surface area contributed by atoms with Crippen molar-refractivity contribution in [3.05, 3.63) is 76.7 Å². The van der Waals surface area contributed by atoms with Crippen molar-refractivity contribution in [1.82, 2.24) is 4.90 Å². The molecule has 6 nitrogen and oxygen atoms in total. The molecule has 29 heavy (non-hydrogen) atoms. The van der Waals surface area contributed by atoms with E-state index in [1.165, 1.54) is 16.9 Å². The Morgan fingerprint density at radius 1 is 1.07 bits per heavy atom. The summed E-state index contributed by atoms with van der Waals surface area (Å²) in [4.78, 5) is 26.3. The number of benzene rings is 2. The number of thiophene rings is 1. The first-order chi connectivity index (χ1) is 14.0. The molecule has 1 saturated heterocycles. The molecule has 0 atom stereocenters. The van der Waals surface area contributed by atoms with Gasteiger partial charge in [-0.15, -0.1) is 11.3 Å². The molecule has 1 aliphatic rings. The first-order valence-corrected chi connectivity index (χ1v) is 10.2. The molecule has 2 aromatic carbocycles. The maximum absolute atomic E-state index is 12.5. The normalized spacial score (nSPS) is 14.4. The van der Waals surface area contributed by atoms with E-state index in [-0.39, 0.29) is 11.9 Å². The van der Waals surface area contributed by atoms with Crippen LogP contribution < -0.4 is 16.8 Å². The highest BCUT2D eigenvalue weighted by molar-refractivity contribution is 7.14. The summed E-state index contributed by atoms with van der Waals surface area (Å²) < 4.78 is 0. The van der Waals surface area contributed by atoms with E-state index in [0.717, 1.165) is 30.8 Å². The van der Waals surface area contributed by atoms with Gasteiger partial charge in [0.15, 0.2) is 0 Å². The van der Waals surface area contributed by atoms with Crippen LogP contribution in [0.3, 0.4) is 0 Å². The molecule has 0 radical (unpaired) electrons. The SMILES string of the molecule is NC(=O)c1ccsc1NC(=O)c1ccc(-c2ccccc2CN2CC(N)C2)cc1. The van der Waals surface area contributed by atoms with Gasteiger partial charge in [0.05, 0.1) is 5.56 Å². The van der Waals surface area contributed by atoms with Gasteiger partial charge in [0.2, 0.25) is 0 Å². The minimum Gasteiger partial charge on any atom is -0.366 e. The summed E-state index contributed by atoms with van der Waals surface area (Å²) in [5, 5.41) is 4.95. The Kier molecular flexibility index (Phi) is 5.44. The summed E-state index contributed by atoms with van der Waals surface area (Å²) in [6, 6.07) is 17.6. The highest BCUT2D eigenvalue weighted by Gasteiger charge is 2.23. The van der Waals surface area contributed by atoms with E-state index >= 15 is 0 Å². The second-order valence-corrected chi connectivity index (χ2v) is 8.09. The van der Waals surface area contributed by atoms with Crippen LogP contribution in [-0.4, -0.2) is 35.8 Å². The van der Waals surface area contributed by atoms with Gasteiger partial charge < -0.3 is 16.8 Å². The van der Waals surface area contributed by atoms with Gasteiger partial charge in [-0.3, -0.25) is 14.5 Å². The second kappa shape index (κ2) is 8.16. The number of carbonyl (C=O) groups is 2. The molecular formula is C22H22N4O2S. The van der Waals surface area contributed by atoms with Gasteiger partial charge in [-0.05, 0) is 40.3 Å². The number of rotatable bonds is 6. The van der Waals surface area contributed by atoms with Crippen molar-refractivity contribution in [2.45, 2.75) is 12.6 Å². The summed E-state index contributed by atoms with van der Waals surface area (Å²) in [6.45, 7) is 2.70. The highest BCUT2D eigenvalue weighted by atomic mass is 32.1. The third-order valence-electron chi connectivity index (χ3n) is 5.01. The summed E-state index contributed by atoms with van der Waals surface area (Å²) in [7, 11) is 0. The molecule has 7 heteroatoms. The third-order valence-corrected chi connectivity index (χ3v) is 5.84. The number of hydrogen-bond acceptors (Lipinski definition) is 5. The third kappa shape index (κ3) is 4.22. The number of nitrogens with one attached hydrogen (secondary N) is 1. The lowest BCUT2D eigenvalue weighted by atomic mass is 9.97. The number of amides is 2. The van der Waals surface area contributed by atoms with Crippen LogP contribution in [0.2, 0.25) is 0 Å². The fourth-order valence-corrected chi connectivity index (χ4v) is 4.28. The number of likely N-dealkylation sites (tertiary alicyclic amines) is 1. The van der Waals surface area contributed by atoms with E-state index in [1.807, 2.05) is 24.3 Å². The van der Waals surface area contributed by atoms with Gasteiger partial charge in [0.1, 0.15) is 5.00 Å². The minimum atomic E-state index is -0.559. The van der Waals surface area contributed by atoms with Crippen LogP contribution in [0, 0.1) is 0 Å². The van der Waals surface area contributed by atoms with Crippen LogP contribution >= 0.6 is 11.3 Å². The smallest absolute Gasteiger partial charge is 0.256 e. The predicted molar refractivity (Wildman–Crippen MR) is 116 cm³/mol. The first kappa shape index (κ1) is 19.3. The topological polar surface area (TPSA) is 101 Å². The zero-order chi connectivity index (χ0) is 20.4. The molecule has 0 saturated carbocycles. The number of primary amides is 1. The fraction of sp³-hybridized carbons (Fsp3) is 0.182. The molecule has 1 aliphatic heterocycles. The van der Waals surface area contributed by atoms with E-state index < -0.39 is 5.91 Å². The molecule has 0 aliphatic carbocycles. The van der Waals surface area contributed by atoms with Crippen molar-refractivity contribution in [2.24, 2.45) is 11.5 Å². The van der Waals surface area contributed by atoms with Crippen molar-refractivity contribution >= 4 is 28.2 Å². The average Bonchev–Trinajstić information content (AvgIpc) is 3.16. The molecule has 4 rings (SSSR count). The number of nitrogens with zero attached hydrogens (tertiary/aromatic N) is 1. The van der Waals surface area contributed by atoms with Crippen molar-refractivity contribution in [2.75, 3.05) is 18.4 Å². The molecule has 148 valence electrons. The van der Waals surface area contributed by atoms with E-state index in [4.69, 9.17) is 11.5 Å². The maximum Gasteiger partial charge on any atom is 0.256 e. The van der Waals surface area contributed by atoms with E-state index in [2.05, 4.69) is 22.3 Å².